The van der Waals surface area contributed by atoms with E-state index in [1.807, 2.05) is 5.38 Å². The summed E-state index contributed by atoms with van der Waals surface area (Å²) in [5, 5.41) is 2.46. The molecule has 0 fully saturated rings. The van der Waals surface area contributed by atoms with Gasteiger partial charge in [0.05, 0.1) is 25.1 Å². The summed E-state index contributed by atoms with van der Waals surface area (Å²) in [5.41, 5.74) is 1.48. The lowest BCUT2D eigenvalue weighted by atomic mass is 10.1. The average Bonchev–Trinajstić information content (AvgIpc) is 3.04. The van der Waals surface area contributed by atoms with Crippen molar-refractivity contribution in [3.63, 3.8) is 0 Å². The molecule has 1 aromatic carbocycles. The van der Waals surface area contributed by atoms with Crippen molar-refractivity contribution in [3.8, 4) is 11.1 Å². The molecular formula is C18H19FN2O3S. The lowest BCUT2D eigenvalue weighted by Crippen LogP contribution is -2.27. The standard InChI is InChI=1S/C18H19FN2O3S/c1-23-9-7-15-20-17-16(18(22)21(15)8-10-24-2)14(11-25-17)12-3-5-13(19)6-4-12/h3-6,11H,7-10H2,1-2H3. The zero-order valence-electron chi connectivity index (χ0n) is 14.1. The highest BCUT2D eigenvalue weighted by atomic mass is 32.1. The summed E-state index contributed by atoms with van der Waals surface area (Å²) in [7, 11) is 3.22. The molecule has 5 nitrogen and oxygen atoms in total. The lowest BCUT2D eigenvalue weighted by molar-refractivity contribution is 0.180. The molecule has 0 saturated heterocycles. The van der Waals surface area contributed by atoms with Crippen molar-refractivity contribution >= 4 is 21.6 Å². The third-order valence-corrected chi connectivity index (χ3v) is 4.85. The highest BCUT2D eigenvalue weighted by molar-refractivity contribution is 7.17. The van der Waals surface area contributed by atoms with E-state index in [0.717, 1.165) is 11.1 Å². The summed E-state index contributed by atoms with van der Waals surface area (Å²) in [5.74, 6) is 0.379. The Kier molecular flexibility index (Phi) is 5.57. The summed E-state index contributed by atoms with van der Waals surface area (Å²) in [6, 6.07) is 6.13. The monoisotopic (exact) mass is 362 g/mol. The first-order valence-electron chi connectivity index (χ1n) is 7.90. The Morgan fingerprint density at radius 2 is 1.88 bits per heavy atom. The SMILES string of the molecule is COCCc1nc2scc(-c3ccc(F)cc3)c2c(=O)n1CCOC. The maximum absolute atomic E-state index is 13.2. The number of fused-ring (bicyclic) bond motifs is 1. The van der Waals surface area contributed by atoms with Gasteiger partial charge in [-0.1, -0.05) is 12.1 Å². The van der Waals surface area contributed by atoms with E-state index in [9.17, 15) is 9.18 Å². The molecular weight excluding hydrogens is 343 g/mol. The van der Waals surface area contributed by atoms with Gasteiger partial charge in [-0.3, -0.25) is 9.36 Å². The highest BCUT2D eigenvalue weighted by Gasteiger charge is 2.17. The molecule has 0 aliphatic heterocycles. The normalized spacial score (nSPS) is 11.3. The van der Waals surface area contributed by atoms with E-state index in [2.05, 4.69) is 4.98 Å². The predicted molar refractivity (Wildman–Crippen MR) is 96.7 cm³/mol. The van der Waals surface area contributed by atoms with Crippen LogP contribution >= 0.6 is 11.3 Å². The van der Waals surface area contributed by atoms with Gasteiger partial charge in [0, 0.05) is 31.6 Å². The van der Waals surface area contributed by atoms with Crippen LogP contribution in [0.5, 0.6) is 0 Å². The second-order valence-electron chi connectivity index (χ2n) is 5.56. The zero-order valence-corrected chi connectivity index (χ0v) is 14.9. The van der Waals surface area contributed by atoms with Gasteiger partial charge in [-0.05, 0) is 17.7 Å². The van der Waals surface area contributed by atoms with Crippen molar-refractivity contribution in [2.75, 3.05) is 27.4 Å². The van der Waals surface area contributed by atoms with Crippen molar-refractivity contribution in [3.05, 3.63) is 51.6 Å². The summed E-state index contributed by atoms with van der Waals surface area (Å²) < 4.78 is 25.1. The van der Waals surface area contributed by atoms with E-state index in [-0.39, 0.29) is 11.4 Å². The van der Waals surface area contributed by atoms with Gasteiger partial charge in [0.2, 0.25) is 0 Å². The average molecular weight is 362 g/mol. The Hall–Kier alpha value is -2.09. The van der Waals surface area contributed by atoms with Crippen LogP contribution in [0.2, 0.25) is 0 Å². The Morgan fingerprint density at radius 3 is 2.56 bits per heavy atom. The molecule has 0 aliphatic carbocycles. The summed E-state index contributed by atoms with van der Waals surface area (Å²) >= 11 is 1.42. The molecule has 25 heavy (non-hydrogen) atoms. The predicted octanol–water partition coefficient (Wildman–Crippen LogP) is 3.10. The van der Waals surface area contributed by atoms with Gasteiger partial charge in [0.15, 0.2) is 0 Å². The fraction of sp³-hybridized carbons (Fsp3) is 0.333. The zero-order chi connectivity index (χ0) is 17.8. The number of nitrogens with zero attached hydrogens (tertiary/aromatic N) is 2. The number of ether oxygens (including phenoxy) is 2. The van der Waals surface area contributed by atoms with Crippen molar-refractivity contribution in [2.24, 2.45) is 0 Å². The smallest absolute Gasteiger partial charge is 0.262 e. The van der Waals surface area contributed by atoms with Crippen molar-refractivity contribution in [1.82, 2.24) is 9.55 Å². The number of hydrogen-bond donors (Lipinski definition) is 0. The number of aromatic nitrogens is 2. The largest absolute Gasteiger partial charge is 0.384 e. The van der Waals surface area contributed by atoms with Crippen LogP contribution in [0.15, 0.2) is 34.4 Å². The van der Waals surface area contributed by atoms with E-state index >= 15 is 0 Å². The number of halogens is 1. The van der Waals surface area contributed by atoms with Crippen LogP contribution in [-0.4, -0.2) is 37.0 Å². The molecule has 7 heteroatoms. The van der Waals surface area contributed by atoms with Crippen LogP contribution in [0.4, 0.5) is 4.39 Å². The van der Waals surface area contributed by atoms with Crippen LogP contribution in [-0.2, 0) is 22.4 Å². The van der Waals surface area contributed by atoms with E-state index in [0.29, 0.717) is 42.2 Å². The molecule has 0 N–H and O–H groups in total. The third-order valence-electron chi connectivity index (χ3n) is 3.98. The molecule has 0 spiro atoms. The fourth-order valence-corrected chi connectivity index (χ4v) is 3.66. The first kappa shape index (κ1) is 17.7. The molecule has 0 atom stereocenters. The van der Waals surface area contributed by atoms with Crippen LogP contribution in [0.3, 0.4) is 0 Å². The number of methoxy groups -OCH3 is 2. The van der Waals surface area contributed by atoms with Gasteiger partial charge in [-0.2, -0.15) is 0 Å². The van der Waals surface area contributed by atoms with Gasteiger partial charge in [0.25, 0.3) is 5.56 Å². The minimum atomic E-state index is -0.305. The van der Waals surface area contributed by atoms with Gasteiger partial charge in [-0.15, -0.1) is 11.3 Å². The van der Waals surface area contributed by atoms with Crippen molar-refractivity contribution in [1.29, 1.82) is 0 Å². The van der Waals surface area contributed by atoms with Gasteiger partial charge < -0.3 is 9.47 Å². The third kappa shape index (κ3) is 3.63. The molecule has 0 radical (unpaired) electrons. The molecule has 3 aromatic rings. The summed E-state index contributed by atoms with van der Waals surface area (Å²) in [6.45, 7) is 1.33. The minimum Gasteiger partial charge on any atom is -0.384 e. The summed E-state index contributed by atoms with van der Waals surface area (Å²) in [6.07, 6.45) is 0.551. The second-order valence-corrected chi connectivity index (χ2v) is 6.41. The van der Waals surface area contributed by atoms with E-state index in [1.54, 1.807) is 30.9 Å². The summed E-state index contributed by atoms with van der Waals surface area (Å²) in [4.78, 5) is 18.4. The number of hydrogen-bond acceptors (Lipinski definition) is 5. The number of rotatable bonds is 7. The molecule has 2 heterocycles. The molecule has 0 unspecified atom stereocenters. The maximum atomic E-state index is 13.2. The topological polar surface area (TPSA) is 53.3 Å². The number of thiophene rings is 1. The molecule has 3 rings (SSSR count). The van der Waals surface area contributed by atoms with Crippen molar-refractivity contribution in [2.45, 2.75) is 13.0 Å². The van der Waals surface area contributed by atoms with Crippen LogP contribution < -0.4 is 5.56 Å². The molecule has 0 amide bonds. The fourth-order valence-electron chi connectivity index (χ4n) is 2.71. The second kappa shape index (κ2) is 7.86. The first-order valence-corrected chi connectivity index (χ1v) is 8.78. The van der Waals surface area contributed by atoms with E-state index in [4.69, 9.17) is 9.47 Å². The molecule has 0 saturated carbocycles. The van der Waals surface area contributed by atoms with Gasteiger partial charge in [-0.25, -0.2) is 9.37 Å². The van der Waals surface area contributed by atoms with Gasteiger partial charge >= 0.3 is 0 Å². The van der Waals surface area contributed by atoms with Gasteiger partial charge in [0.1, 0.15) is 16.5 Å². The quantitative estimate of drug-likeness (QED) is 0.648. The Morgan fingerprint density at radius 1 is 1.16 bits per heavy atom. The molecule has 0 bridgehead atoms. The molecule has 2 aromatic heterocycles. The van der Waals surface area contributed by atoms with Crippen LogP contribution in [0.1, 0.15) is 5.82 Å². The van der Waals surface area contributed by atoms with Crippen LogP contribution in [0.25, 0.3) is 21.3 Å². The molecule has 132 valence electrons. The van der Waals surface area contributed by atoms with E-state index in [1.165, 1.54) is 23.5 Å². The Labute approximate surface area is 148 Å². The van der Waals surface area contributed by atoms with E-state index < -0.39 is 0 Å². The first-order chi connectivity index (χ1) is 12.2. The molecule has 0 aliphatic rings. The highest BCUT2D eigenvalue weighted by Crippen LogP contribution is 2.31. The maximum Gasteiger partial charge on any atom is 0.262 e. The Balaban J connectivity index is 2.16. The Bertz CT molecular complexity index is 918. The lowest BCUT2D eigenvalue weighted by Gasteiger charge is -2.12. The van der Waals surface area contributed by atoms with Crippen LogP contribution in [0, 0.1) is 5.82 Å². The minimum absolute atomic E-state index is 0.103. The number of benzene rings is 1. The van der Waals surface area contributed by atoms with Crippen molar-refractivity contribution < 1.29 is 13.9 Å².